The number of rotatable bonds is 3. The molecule has 0 heterocycles. The van der Waals surface area contributed by atoms with Crippen molar-refractivity contribution in [3.8, 4) is 0 Å². The minimum absolute atomic E-state index is 0. The Labute approximate surface area is 96.0 Å². The van der Waals surface area contributed by atoms with E-state index in [-0.39, 0.29) is 38.7 Å². The van der Waals surface area contributed by atoms with Crippen LogP contribution < -0.4 is 11.1 Å². The van der Waals surface area contributed by atoms with Crippen LogP contribution in [0.15, 0.2) is 24.3 Å². The summed E-state index contributed by atoms with van der Waals surface area (Å²) in [5.41, 5.74) is 5.62. The van der Waals surface area contributed by atoms with Crippen molar-refractivity contribution < 1.29 is 25.2 Å². The van der Waals surface area contributed by atoms with Crippen LogP contribution in [0.25, 0.3) is 0 Å². The molecule has 0 aromatic heterocycles. The number of nitrogens with one attached hydrogen (secondary N) is 2. The van der Waals surface area contributed by atoms with Crippen LogP contribution in [0.1, 0.15) is 10.4 Å². The number of carbonyl (C=O) groups excluding carboxylic acids is 1. The van der Waals surface area contributed by atoms with Crippen molar-refractivity contribution in [3.05, 3.63) is 35.9 Å². The van der Waals surface area contributed by atoms with E-state index in [0.29, 0.717) is 5.56 Å². The van der Waals surface area contributed by atoms with Crippen LogP contribution >= 0.6 is 0 Å². The van der Waals surface area contributed by atoms with E-state index in [1.807, 2.05) is 0 Å². The maximum Gasteiger partial charge on any atom is 0.227 e. The van der Waals surface area contributed by atoms with Gasteiger partial charge in [0.2, 0.25) is 5.91 Å². The molecule has 14 heavy (non-hydrogen) atoms. The van der Waals surface area contributed by atoms with Gasteiger partial charge < -0.3 is 11.1 Å². The van der Waals surface area contributed by atoms with Crippen molar-refractivity contribution in [2.75, 3.05) is 6.54 Å². The van der Waals surface area contributed by atoms with Gasteiger partial charge in [-0.05, 0) is 0 Å². The standard InChI is InChI=1S/C9H10N3O.Re/c10-8(11)6-12-9(13)7-4-2-1-3-5-7;/h2-5H,6H2,(H3,10,11)(H,12,13);/q-1;. The van der Waals surface area contributed by atoms with Gasteiger partial charge in [-0.3, -0.25) is 10.2 Å². The van der Waals surface area contributed by atoms with Gasteiger partial charge in [0.15, 0.2) is 0 Å². The van der Waals surface area contributed by atoms with Crippen LogP contribution in [0, 0.1) is 11.5 Å². The normalized spacial score (nSPS) is 8.57. The Morgan fingerprint density at radius 2 is 2.07 bits per heavy atom. The molecular formula is C9H10N3ORe-. The summed E-state index contributed by atoms with van der Waals surface area (Å²) in [5, 5.41) is 9.40. The van der Waals surface area contributed by atoms with Gasteiger partial charge >= 0.3 is 0 Å². The van der Waals surface area contributed by atoms with E-state index in [1.165, 1.54) is 0 Å². The van der Waals surface area contributed by atoms with Crippen molar-refractivity contribution in [2.45, 2.75) is 0 Å². The Balaban J connectivity index is 0.00000169. The van der Waals surface area contributed by atoms with E-state index in [2.05, 4.69) is 11.4 Å². The van der Waals surface area contributed by atoms with Gasteiger partial charge in [0.25, 0.3) is 0 Å². The molecule has 4 N–H and O–H groups in total. The Kier molecular flexibility index (Phi) is 5.77. The first-order valence-electron chi connectivity index (χ1n) is 3.77. The summed E-state index contributed by atoms with van der Waals surface area (Å²) in [4.78, 5) is 11.3. The molecule has 0 fully saturated rings. The molecule has 0 bridgehead atoms. The van der Waals surface area contributed by atoms with Crippen LogP contribution in [0.3, 0.4) is 0 Å². The Morgan fingerprint density at radius 3 is 2.57 bits per heavy atom. The van der Waals surface area contributed by atoms with E-state index in [4.69, 9.17) is 11.1 Å². The molecule has 1 radical (unpaired) electrons. The maximum atomic E-state index is 11.3. The molecule has 1 rings (SSSR count). The summed E-state index contributed by atoms with van der Waals surface area (Å²) >= 11 is 0. The van der Waals surface area contributed by atoms with Crippen LogP contribution in [-0.2, 0) is 20.4 Å². The van der Waals surface area contributed by atoms with E-state index in [9.17, 15) is 4.79 Å². The van der Waals surface area contributed by atoms with Crippen LogP contribution in [0.4, 0.5) is 0 Å². The minimum Gasteiger partial charge on any atom is -0.386 e. The first-order chi connectivity index (χ1) is 6.20. The van der Waals surface area contributed by atoms with E-state index in [1.54, 1.807) is 24.3 Å². The Bertz CT molecular complexity index is 313. The van der Waals surface area contributed by atoms with Gasteiger partial charge in [-0.25, -0.2) is 0 Å². The second kappa shape index (κ2) is 6.30. The van der Waals surface area contributed by atoms with Crippen LogP contribution in [0.2, 0.25) is 0 Å². The predicted octanol–water partition coefficient (Wildman–Crippen LogP) is 0.150. The van der Waals surface area contributed by atoms with Crippen molar-refractivity contribution in [1.82, 2.24) is 5.32 Å². The number of amides is 1. The quantitative estimate of drug-likeness (QED) is 0.407. The predicted molar refractivity (Wildman–Crippen MR) is 49.5 cm³/mol. The third-order valence-corrected chi connectivity index (χ3v) is 1.42. The topological polar surface area (TPSA) is 79.0 Å². The second-order valence-corrected chi connectivity index (χ2v) is 2.50. The molecule has 0 unspecified atom stereocenters. The molecule has 0 saturated carbocycles. The number of carbonyl (C=O) groups is 1. The zero-order chi connectivity index (χ0) is 9.68. The van der Waals surface area contributed by atoms with E-state index in [0.717, 1.165) is 0 Å². The molecule has 0 aliphatic rings. The van der Waals surface area contributed by atoms with Crippen LogP contribution in [-0.4, -0.2) is 18.3 Å². The molecule has 1 amide bonds. The fraction of sp³-hybridized carbons (Fsp3) is 0.111. The average molecular weight is 362 g/mol. The summed E-state index contributed by atoms with van der Waals surface area (Å²) in [6.45, 7) is 0.0808. The SMILES string of the molecule is N=C(N)CNC(=O)c1cc[c-]cc1.[Re]. The number of hydrogen-bond acceptors (Lipinski definition) is 2. The molecule has 0 aliphatic carbocycles. The van der Waals surface area contributed by atoms with Gasteiger partial charge in [-0.2, -0.15) is 30.3 Å². The number of nitrogens with two attached hydrogens (primary N) is 1. The summed E-state index contributed by atoms with van der Waals surface area (Å²) in [6, 6.07) is 9.41. The molecule has 0 atom stereocenters. The summed E-state index contributed by atoms with van der Waals surface area (Å²) in [7, 11) is 0. The summed E-state index contributed by atoms with van der Waals surface area (Å²) in [5.74, 6) is -0.292. The zero-order valence-corrected chi connectivity index (χ0v) is 10.1. The third-order valence-electron chi connectivity index (χ3n) is 1.42. The maximum absolute atomic E-state index is 11.3. The average Bonchev–Trinajstić information content (AvgIpc) is 2.15. The molecule has 0 saturated heterocycles. The van der Waals surface area contributed by atoms with Gasteiger partial charge in [-0.15, -0.1) is 0 Å². The minimum atomic E-state index is -0.232. The van der Waals surface area contributed by atoms with Gasteiger partial charge in [0.05, 0.1) is 6.54 Å². The van der Waals surface area contributed by atoms with Gasteiger partial charge in [0, 0.05) is 20.4 Å². The van der Waals surface area contributed by atoms with E-state index >= 15 is 0 Å². The Morgan fingerprint density at radius 1 is 1.50 bits per heavy atom. The summed E-state index contributed by atoms with van der Waals surface area (Å²) < 4.78 is 0. The zero-order valence-electron chi connectivity index (χ0n) is 7.38. The fourth-order valence-electron chi connectivity index (χ4n) is 0.816. The first kappa shape index (κ1) is 12.8. The van der Waals surface area contributed by atoms with Crippen molar-refractivity contribution >= 4 is 11.7 Å². The number of amidine groups is 1. The second-order valence-electron chi connectivity index (χ2n) is 2.50. The van der Waals surface area contributed by atoms with Crippen LogP contribution in [0.5, 0.6) is 0 Å². The van der Waals surface area contributed by atoms with Crippen molar-refractivity contribution in [2.24, 2.45) is 5.73 Å². The van der Waals surface area contributed by atoms with Crippen molar-refractivity contribution in [3.63, 3.8) is 0 Å². The number of benzene rings is 1. The molecule has 0 spiro atoms. The molecule has 75 valence electrons. The monoisotopic (exact) mass is 363 g/mol. The van der Waals surface area contributed by atoms with Crippen molar-refractivity contribution in [1.29, 1.82) is 5.41 Å². The molecule has 5 heteroatoms. The Hall–Kier alpha value is -1.18. The molecule has 1 aromatic carbocycles. The molecule has 1 aromatic rings. The fourth-order valence-corrected chi connectivity index (χ4v) is 0.816. The molecular weight excluding hydrogens is 352 g/mol. The smallest absolute Gasteiger partial charge is 0.227 e. The first-order valence-corrected chi connectivity index (χ1v) is 3.77. The third kappa shape index (κ3) is 4.17. The van der Waals surface area contributed by atoms with Gasteiger partial charge in [-0.1, -0.05) is 5.56 Å². The largest absolute Gasteiger partial charge is 0.386 e. The van der Waals surface area contributed by atoms with Gasteiger partial charge in [0.1, 0.15) is 5.84 Å². The molecule has 0 aliphatic heterocycles. The number of hydrogen-bond donors (Lipinski definition) is 3. The van der Waals surface area contributed by atoms with E-state index < -0.39 is 0 Å². The summed E-state index contributed by atoms with van der Waals surface area (Å²) in [6.07, 6.45) is 0. The molecule has 4 nitrogen and oxygen atoms in total.